The third-order valence-corrected chi connectivity index (χ3v) is 3.19. The summed E-state index contributed by atoms with van der Waals surface area (Å²) in [5.74, 6) is 0.699. The molecule has 0 amide bonds. The molecule has 0 radical (unpaired) electrons. The van der Waals surface area contributed by atoms with Gasteiger partial charge in [0.15, 0.2) is 0 Å². The van der Waals surface area contributed by atoms with E-state index in [4.69, 9.17) is 33.7 Å². The van der Waals surface area contributed by atoms with Gasteiger partial charge in [0.25, 0.3) is 0 Å². The molecule has 94 valence electrons. The maximum absolute atomic E-state index is 6.06. The minimum absolute atomic E-state index is 0.396. The van der Waals surface area contributed by atoms with Crippen LogP contribution in [-0.2, 0) is 13.2 Å². The lowest BCUT2D eigenvalue weighted by Crippen LogP contribution is -2.03. The summed E-state index contributed by atoms with van der Waals surface area (Å²) in [6.45, 7) is 0.808. The zero-order valence-electron chi connectivity index (χ0n) is 9.70. The van der Waals surface area contributed by atoms with Gasteiger partial charge in [-0.3, -0.25) is 0 Å². The van der Waals surface area contributed by atoms with Gasteiger partial charge in [-0.1, -0.05) is 47.5 Å². The second-order valence-electron chi connectivity index (χ2n) is 3.84. The zero-order chi connectivity index (χ0) is 13.0. The van der Waals surface area contributed by atoms with E-state index in [0.29, 0.717) is 28.9 Å². The highest BCUT2D eigenvalue weighted by molar-refractivity contribution is 6.31. The van der Waals surface area contributed by atoms with Crippen molar-refractivity contribution < 1.29 is 4.74 Å². The fourth-order valence-electron chi connectivity index (χ4n) is 1.60. The molecule has 0 aliphatic heterocycles. The summed E-state index contributed by atoms with van der Waals surface area (Å²) in [7, 11) is 0. The number of ether oxygens (including phenoxy) is 1. The van der Waals surface area contributed by atoms with Crippen molar-refractivity contribution in [2.24, 2.45) is 5.73 Å². The second kappa shape index (κ2) is 6.10. The van der Waals surface area contributed by atoms with Crippen LogP contribution in [0.15, 0.2) is 42.5 Å². The molecule has 2 aromatic rings. The third-order valence-electron chi connectivity index (χ3n) is 2.59. The first kappa shape index (κ1) is 13.2. The molecule has 0 unspecified atom stereocenters. The van der Waals surface area contributed by atoms with Crippen LogP contribution in [-0.4, -0.2) is 0 Å². The summed E-state index contributed by atoms with van der Waals surface area (Å²) < 4.78 is 5.73. The number of halogens is 2. The highest BCUT2D eigenvalue weighted by Crippen LogP contribution is 2.25. The second-order valence-corrected chi connectivity index (χ2v) is 4.68. The molecule has 2 rings (SSSR count). The Morgan fingerprint density at radius 3 is 2.50 bits per heavy atom. The van der Waals surface area contributed by atoms with E-state index in [-0.39, 0.29) is 0 Å². The third kappa shape index (κ3) is 3.16. The van der Waals surface area contributed by atoms with Gasteiger partial charge in [0.2, 0.25) is 0 Å². The summed E-state index contributed by atoms with van der Waals surface area (Å²) in [6, 6.07) is 13.0. The lowest BCUT2D eigenvalue weighted by Gasteiger charge is -2.11. The van der Waals surface area contributed by atoms with Gasteiger partial charge in [-0.2, -0.15) is 0 Å². The van der Waals surface area contributed by atoms with Crippen LogP contribution in [0, 0.1) is 0 Å². The van der Waals surface area contributed by atoms with E-state index >= 15 is 0 Å². The van der Waals surface area contributed by atoms with Gasteiger partial charge < -0.3 is 10.5 Å². The first-order valence-corrected chi connectivity index (χ1v) is 6.31. The Morgan fingerprint density at radius 2 is 1.78 bits per heavy atom. The molecule has 4 heteroatoms. The molecule has 0 saturated carbocycles. The Bertz CT molecular complexity index is 543. The lowest BCUT2D eigenvalue weighted by molar-refractivity contribution is 0.303. The molecule has 2 aromatic carbocycles. The molecule has 2 N–H and O–H groups in total. The summed E-state index contributed by atoms with van der Waals surface area (Å²) >= 11 is 12.0. The highest BCUT2D eigenvalue weighted by atomic mass is 35.5. The number of rotatable bonds is 4. The molecule has 0 spiro atoms. The molecule has 0 bridgehead atoms. The van der Waals surface area contributed by atoms with Crippen LogP contribution in [0.25, 0.3) is 0 Å². The van der Waals surface area contributed by atoms with Gasteiger partial charge in [0, 0.05) is 27.7 Å². The Morgan fingerprint density at radius 1 is 1.00 bits per heavy atom. The van der Waals surface area contributed by atoms with Gasteiger partial charge >= 0.3 is 0 Å². The standard InChI is InChI=1S/C14H13Cl2NO/c15-12-6-5-10(8-17)14(7-12)18-9-11-3-1-2-4-13(11)16/h1-7H,8-9,17H2. The van der Waals surface area contributed by atoms with E-state index in [1.807, 2.05) is 30.3 Å². The van der Waals surface area contributed by atoms with Crippen molar-refractivity contribution in [1.29, 1.82) is 0 Å². The van der Waals surface area contributed by atoms with E-state index in [1.54, 1.807) is 12.1 Å². The van der Waals surface area contributed by atoms with Crippen molar-refractivity contribution in [1.82, 2.24) is 0 Å². The van der Waals surface area contributed by atoms with Gasteiger partial charge in [0.05, 0.1) is 0 Å². The molecule has 0 fully saturated rings. The molecule has 0 saturated heterocycles. The van der Waals surface area contributed by atoms with Gasteiger partial charge in [0.1, 0.15) is 12.4 Å². The van der Waals surface area contributed by atoms with Crippen LogP contribution in [0.5, 0.6) is 5.75 Å². The number of hydrogen-bond donors (Lipinski definition) is 1. The maximum Gasteiger partial charge on any atom is 0.125 e. The van der Waals surface area contributed by atoms with Gasteiger partial charge in [-0.05, 0) is 18.2 Å². The van der Waals surface area contributed by atoms with Crippen molar-refractivity contribution in [2.45, 2.75) is 13.2 Å². The fourth-order valence-corrected chi connectivity index (χ4v) is 1.95. The Hall–Kier alpha value is -1.22. The van der Waals surface area contributed by atoms with Crippen LogP contribution >= 0.6 is 23.2 Å². The number of nitrogens with two attached hydrogens (primary N) is 1. The van der Waals surface area contributed by atoms with E-state index in [9.17, 15) is 0 Å². The number of benzene rings is 2. The largest absolute Gasteiger partial charge is 0.488 e. The van der Waals surface area contributed by atoms with Gasteiger partial charge in [-0.25, -0.2) is 0 Å². The van der Waals surface area contributed by atoms with E-state index in [2.05, 4.69) is 0 Å². The summed E-state index contributed by atoms with van der Waals surface area (Å²) in [5, 5.41) is 1.31. The van der Waals surface area contributed by atoms with Crippen LogP contribution in [0.2, 0.25) is 10.0 Å². The molecule has 0 heterocycles. The average molecular weight is 282 g/mol. The first-order valence-electron chi connectivity index (χ1n) is 5.55. The van der Waals surface area contributed by atoms with Crippen LogP contribution in [0.1, 0.15) is 11.1 Å². The van der Waals surface area contributed by atoms with E-state index in [1.165, 1.54) is 0 Å². The van der Waals surface area contributed by atoms with Crippen molar-refractivity contribution in [2.75, 3.05) is 0 Å². The highest BCUT2D eigenvalue weighted by Gasteiger charge is 2.05. The normalized spacial score (nSPS) is 10.4. The molecule has 0 aliphatic carbocycles. The Kier molecular flexibility index (Phi) is 4.48. The lowest BCUT2D eigenvalue weighted by atomic mass is 10.2. The SMILES string of the molecule is NCc1ccc(Cl)cc1OCc1ccccc1Cl. The first-order chi connectivity index (χ1) is 8.70. The quantitative estimate of drug-likeness (QED) is 0.918. The Balaban J connectivity index is 2.15. The van der Waals surface area contributed by atoms with Crippen molar-refractivity contribution >= 4 is 23.2 Å². The molecular formula is C14H13Cl2NO. The molecule has 0 atom stereocenters. The smallest absolute Gasteiger partial charge is 0.125 e. The fraction of sp³-hybridized carbons (Fsp3) is 0.143. The molecule has 0 aliphatic rings. The van der Waals surface area contributed by atoms with Crippen LogP contribution in [0.4, 0.5) is 0 Å². The summed E-state index contributed by atoms with van der Waals surface area (Å²) in [4.78, 5) is 0. The van der Waals surface area contributed by atoms with E-state index in [0.717, 1.165) is 11.1 Å². The summed E-state index contributed by atoms with van der Waals surface area (Å²) in [5.41, 5.74) is 7.51. The van der Waals surface area contributed by atoms with Gasteiger partial charge in [-0.15, -0.1) is 0 Å². The van der Waals surface area contributed by atoms with Crippen LogP contribution in [0.3, 0.4) is 0 Å². The molecule has 0 aromatic heterocycles. The minimum Gasteiger partial charge on any atom is -0.488 e. The molecule has 2 nitrogen and oxygen atoms in total. The number of hydrogen-bond acceptors (Lipinski definition) is 2. The maximum atomic E-state index is 6.06. The predicted molar refractivity (Wildman–Crippen MR) is 75.1 cm³/mol. The van der Waals surface area contributed by atoms with Crippen LogP contribution < -0.4 is 10.5 Å². The van der Waals surface area contributed by atoms with Crippen molar-refractivity contribution in [3.8, 4) is 5.75 Å². The van der Waals surface area contributed by atoms with E-state index < -0.39 is 0 Å². The van der Waals surface area contributed by atoms with Crippen molar-refractivity contribution in [3.63, 3.8) is 0 Å². The Labute approximate surface area is 116 Å². The minimum atomic E-state index is 0.396. The zero-order valence-corrected chi connectivity index (χ0v) is 11.2. The molecule has 18 heavy (non-hydrogen) atoms. The summed E-state index contributed by atoms with van der Waals surface area (Å²) in [6.07, 6.45) is 0. The van der Waals surface area contributed by atoms with Crippen molar-refractivity contribution in [3.05, 3.63) is 63.6 Å². The average Bonchev–Trinajstić information content (AvgIpc) is 2.38. The monoisotopic (exact) mass is 281 g/mol. The topological polar surface area (TPSA) is 35.2 Å². The molecular weight excluding hydrogens is 269 g/mol. The predicted octanol–water partition coefficient (Wildman–Crippen LogP) is 4.03.